The van der Waals surface area contributed by atoms with Gasteiger partial charge in [0.05, 0.1) is 17.2 Å². The molecular weight excluding hydrogens is 392 g/mol. The van der Waals surface area contributed by atoms with Crippen LogP contribution < -0.4 is 4.57 Å². The smallest absolute Gasteiger partial charge is 0.216 e. The zero-order chi connectivity index (χ0) is 22.4. The maximum atomic E-state index is 10.1. The van der Waals surface area contributed by atoms with Crippen LogP contribution in [0, 0.1) is 18.3 Å². The van der Waals surface area contributed by atoms with E-state index in [9.17, 15) is 5.26 Å². The predicted molar refractivity (Wildman–Crippen MR) is 129 cm³/mol. The minimum absolute atomic E-state index is 0.229. The van der Waals surface area contributed by atoms with E-state index in [1.165, 1.54) is 0 Å². The molecule has 5 rings (SSSR count). The van der Waals surface area contributed by atoms with Crippen LogP contribution in [0.25, 0.3) is 44.3 Å². The van der Waals surface area contributed by atoms with Crippen molar-refractivity contribution in [2.75, 3.05) is 0 Å². The van der Waals surface area contributed by atoms with Crippen LogP contribution in [0.4, 0.5) is 0 Å². The number of benzene rings is 3. The third-order valence-electron chi connectivity index (χ3n) is 6.26. The first-order valence-electron chi connectivity index (χ1n) is 10.9. The van der Waals surface area contributed by atoms with Crippen molar-refractivity contribution in [1.29, 1.82) is 5.26 Å². The lowest BCUT2D eigenvalue weighted by Gasteiger charge is -2.12. The van der Waals surface area contributed by atoms with Gasteiger partial charge in [0.2, 0.25) is 5.69 Å². The van der Waals surface area contributed by atoms with E-state index < -0.39 is 0 Å². The van der Waals surface area contributed by atoms with Gasteiger partial charge in [-0.05, 0) is 41.7 Å². The fraction of sp³-hybridized carbons (Fsp3) is 0.172. The zero-order valence-corrected chi connectivity index (χ0v) is 18.8. The van der Waals surface area contributed by atoms with E-state index in [1.54, 1.807) is 0 Å². The van der Waals surface area contributed by atoms with E-state index in [0.29, 0.717) is 5.56 Å². The molecule has 0 aliphatic heterocycles. The van der Waals surface area contributed by atoms with Crippen molar-refractivity contribution < 1.29 is 8.98 Å². The number of hydrogen-bond donors (Lipinski definition) is 0. The Bertz CT molecular complexity index is 1520. The van der Waals surface area contributed by atoms with Crippen molar-refractivity contribution in [3.63, 3.8) is 0 Å². The molecule has 2 heterocycles. The molecule has 0 N–H and O–H groups in total. The Hall–Kier alpha value is -3.90. The third kappa shape index (κ3) is 2.99. The second kappa shape index (κ2) is 7.66. The van der Waals surface area contributed by atoms with Gasteiger partial charge >= 0.3 is 0 Å². The molecule has 0 aliphatic carbocycles. The average Bonchev–Trinajstić information content (AvgIpc) is 3.18. The number of pyridine rings is 1. The summed E-state index contributed by atoms with van der Waals surface area (Å²) in [5, 5.41) is 12.2. The molecule has 156 valence electrons. The SMILES string of the molecule is Cc1ccc2c(oc3c(C(C)C)cc(C#N)c(-c4ccccc4)c32)c1-c1cccc[n+]1C. The van der Waals surface area contributed by atoms with Crippen LogP contribution in [0.5, 0.6) is 0 Å². The summed E-state index contributed by atoms with van der Waals surface area (Å²) < 4.78 is 8.83. The molecule has 32 heavy (non-hydrogen) atoms. The van der Waals surface area contributed by atoms with E-state index in [-0.39, 0.29) is 5.92 Å². The highest BCUT2D eigenvalue weighted by Gasteiger charge is 2.25. The van der Waals surface area contributed by atoms with Crippen molar-refractivity contribution in [3.05, 3.63) is 89.6 Å². The number of nitriles is 1. The number of nitrogens with zero attached hydrogens (tertiary/aromatic N) is 2. The van der Waals surface area contributed by atoms with Gasteiger partial charge in [0.1, 0.15) is 18.2 Å². The van der Waals surface area contributed by atoms with E-state index in [0.717, 1.165) is 55.4 Å². The fourth-order valence-corrected chi connectivity index (χ4v) is 4.66. The molecular formula is C29H25N2O+. The van der Waals surface area contributed by atoms with Crippen molar-refractivity contribution in [2.24, 2.45) is 7.05 Å². The van der Waals surface area contributed by atoms with Gasteiger partial charge in [-0.15, -0.1) is 0 Å². The quantitative estimate of drug-likeness (QED) is 0.295. The highest BCUT2D eigenvalue weighted by Crippen LogP contribution is 2.45. The van der Waals surface area contributed by atoms with Crippen molar-refractivity contribution in [1.82, 2.24) is 0 Å². The number of fused-ring (bicyclic) bond motifs is 3. The molecule has 3 nitrogen and oxygen atoms in total. The normalized spacial score (nSPS) is 11.4. The third-order valence-corrected chi connectivity index (χ3v) is 6.26. The van der Waals surface area contributed by atoms with Crippen molar-refractivity contribution in [2.45, 2.75) is 26.7 Å². The molecule has 0 amide bonds. The average molecular weight is 418 g/mol. The van der Waals surface area contributed by atoms with Crippen molar-refractivity contribution in [3.8, 4) is 28.5 Å². The first-order chi connectivity index (χ1) is 15.5. The van der Waals surface area contributed by atoms with E-state index in [2.05, 4.69) is 81.1 Å². The Morgan fingerprint density at radius 1 is 0.906 bits per heavy atom. The van der Waals surface area contributed by atoms with Gasteiger partial charge in [0.25, 0.3) is 0 Å². The Balaban J connectivity index is 2.01. The molecule has 3 aromatic carbocycles. The predicted octanol–water partition coefficient (Wildman–Crippen LogP) is 7.05. The van der Waals surface area contributed by atoms with E-state index in [4.69, 9.17) is 4.42 Å². The molecule has 0 saturated heterocycles. The van der Waals surface area contributed by atoms with Crippen LogP contribution in [0.3, 0.4) is 0 Å². The summed E-state index contributed by atoms with van der Waals surface area (Å²) in [5.41, 5.74) is 8.81. The molecule has 3 heteroatoms. The summed E-state index contributed by atoms with van der Waals surface area (Å²) in [5.74, 6) is 0.229. The van der Waals surface area contributed by atoms with E-state index >= 15 is 0 Å². The van der Waals surface area contributed by atoms with Crippen LogP contribution in [0.1, 0.15) is 36.5 Å². The summed E-state index contributed by atoms with van der Waals surface area (Å²) in [7, 11) is 2.05. The molecule has 0 atom stereocenters. The standard InChI is InChI=1S/C29H25N2O/c1-18(2)23-16-21(17-30)26(20-10-6-5-7-11-20)27-22-14-13-19(3)25(28(22)32-29(23)27)24-12-8-9-15-31(24)4/h5-16,18H,1-4H3/q+1. The van der Waals surface area contributed by atoms with Gasteiger partial charge in [-0.1, -0.05) is 56.3 Å². The summed E-state index contributed by atoms with van der Waals surface area (Å²) in [6.07, 6.45) is 2.05. The topological polar surface area (TPSA) is 40.8 Å². The molecule has 2 aromatic heterocycles. The molecule has 0 aliphatic rings. The monoisotopic (exact) mass is 417 g/mol. The first-order valence-corrected chi connectivity index (χ1v) is 10.9. The van der Waals surface area contributed by atoms with E-state index in [1.807, 2.05) is 30.3 Å². The first kappa shape index (κ1) is 20.0. The maximum Gasteiger partial charge on any atom is 0.216 e. The Labute approximate surface area is 188 Å². The van der Waals surface area contributed by atoms with Crippen LogP contribution >= 0.6 is 0 Å². The minimum Gasteiger partial charge on any atom is -0.455 e. The summed E-state index contributed by atoms with van der Waals surface area (Å²) in [6, 6.07) is 25.1. The van der Waals surface area contributed by atoms with Gasteiger partial charge < -0.3 is 4.42 Å². The molecule has 0 radical (unpaired) electrons. The fourth-order valence-electron chi connectivity index (χ4n) is 4.66. The Morgan fingerprint density at radius 2 is 1.66 bits per heavy atom. The van der Waals surface area contributed by atoms with Crippen LogP contribution in [0.2, 0.25) is 0 Å². The summed E-state index contributed by atoms with van der Waals surface area (Å²) in [6.45, 7) is 6.42. The second-order valence-electron chi connectivity index (χ2n) is 8.66. The Morgan fingerprint density at radius 3 is 2.34 bits per heavy atom. The van der Waals surface area contributed by atoms with Gasteiger partial charge in [-0.25, -0.2) is 4.57 Å². The van der Waals surface area contributed by atoms with Gasteiger partial charge in [0.15, 0.2) is 6.20 Å². The molecule has 5 aromatic rings. The maximum absolute atomic E-state index is 10.1. The lowest BCUT2D eigenvalue weighted by atomic mass is 9.89. The molecule has 0 spiro atoms. The molecule has 0 saturated carbocycles. The van der Waals surface area contributed by atoms with Crippen molar-refractivity contribution >= 4 is 21.9 Å². The lowest BCUT2D eigenvalue weighted by Crippen LogP contribution is -2.30. The highest BCUT2D eigenvalue weighted by molar-refractivity contribution is 6.17. The van der Waals surface area contributed by atoms with Gasteiger partial charge in [-0.2, -0.15) is 5.26 Å². The molecule has 0 bridgehead atoms. The Kier molecular flexibility index (Phi) is 4.79. The molecule has 0 fully saturated rings. The summed E-state index contributed by atoms with van der Waals surface area (Å²) in [4.78, 5) is 0. The summed E-state index contributed by atoms with van der Waals surface area (Å²) >= 11 is 0. The number of hydrogen-bond acceptors (Lipinski definition) is 2. The van der Waals surface area contributed by atoms with Gasteiger partial charge in [0, 0.05) is 28.5 Å². The zero-order valence-electron chi connectivity index (χ0n) is 18.8. The number of aromatic nitrogens is 1. The lowest BCUT2D eigenvalue weighted by molar-refractivity contribution is -0.660. The van der Waals surface area contributed by atoms with Crippen LogP contribution in [-0.2, 0) is 7.05 Å². The van der Waals surface area contributed by atoms with Crippen LogP contribution in [-0.4, -0.2) is 0 Å². The number of rotatable bonds is 3. The number of aryl methyl sites for hydroxylation is 2. The minimum atomic E-state index is 0.229. The highest BCUT2D eigenvalue weighted by atomic mass is 16.3. The second-order valence-corrected chi connectivity index (χ2v) is 8.66. The number of furan rings is 1. The molecule has 0 unspecified atom stereocenters. The van der Waals surface area contributed by atoms with Crippen LogP contribution in [0.15, 0.2) is 77.3 Å². The van der Waals surface area contributed by atoms with Gasteiger partial charge in [-0.3, -0.25) is 0 Å². The largest absolute Gasteiger partial charge is 0.455 e.